The SMILES string of the molecule is Cc1cccc(NC2CCCCC2CN)c1C#N. The summed E-state index contributed by atoms with van der Waals surface area (Å²) in [6.45, 7) is 2.70. The maximum Gasteiger partial charge on any atom is 0.102 e. The minimum atomic E-state index is 0.414. The first-order valence-corrected chi connectivity index (χ1v) is 6.72. The van der Waals surface area contributed by atoms with Crippen molar-refractivity contribution < 1.29 is 0 Å². The van der Waals surface area contributed by atoms with E-state index in [2.05, 4.69) is 11.4 Å². The van der Waals surface area contributed by atoms with Gasteiger partial charge < -0.3 is 11.1 Å². The summed E-state index contributed by atoms with van der Waals surface area (Å²) in [7, 11) is 0. The van der Waals surface area contributed by atoms with Crippen LogP contribution in [0, 0.1) is 24.2 Å². The molecule has 0 bridgehead atoms. The number of aryl methyl sites for hydroxylation is 1. The van der Waals surface area contributed by atoms with Crippen molar-refractivity contribution in [3.8, 4) is 6.07 Å². The molecule has 0 radical (unpaired) electrons. The van der Waals surface area contributed by atoms with Gasteiger partial charge in [0.05, 0.1) is 11.3 Å². The fraction of sp³-hybridized carbons (Fsp3) is 0.533. The molecule has 1 fully saturated rings. The number of nitrogens with two attached hydrogens (primary N) is 1. The average molecular weight is 243 g/mol. The van der Waals surface area contributed by atoms with E-state index in [-0.39, 0.29) is 0 Å². The first-order valence-electron chi connectivity index (χ1n) is 6.72. The van der Waals surface area contributed by atoms with Crippen LogP contribution >= 0.6 is 0 Å². The Balaban J connectivity index is 2.18. The molecule has 1 aliphatic carbocycles. The smallest absolute Gasteiger partial charge is 0.102 e. The van der Waals surface area contributed by atoms with Gasteiger partial charge in [0.15, 0.2) is 0 Å². The standard InChI is InChI=1S/C15H21N3/c1-11-5-4-8-15(13(11)10-17)18-14-7-3-2-6-12(14)9-16/h4-5,8,12,14,18H,2-3,6-7,9,16H2,1H3. The minimum Gasteiger partial charge on any atom is -0.381 e. The Hall–Kier alpha value is -1.53. The van der Waals surface area contributed by atoms with E-state index in [0.717, 1.165) is 29.8 Å². The zero-order valence-electron chi connectivity index (χ0n) is 10.9. The molecule has 0 aromatic heterocycles. The van der Waals surface area contributed by atoms with E-state index < -0.39 is 0 Å². The number of rotatable bonds is 3. The Morgan fingerprint density at radius 1 is 1.39 bits per heavy atom. The number of hydrogen-bond donors (Lipinski definition) is 2. The number of anilines is 1. The second-order valence-electron chi connectivity index (χ2n) is 5.14. The Bertz CT molecular complexity index is 448. The van der Waals surface area contributed by atoms with Gasteiger partial charge in [0, 0.05) is 6.04 Å². The Labute approximate surface area is 109 Å². The van der Waals surface area contributed by atoms with Crippen LogP contribution in [0.15, 0.2) is 18.2 Å². The molecule has 0 aliphatic heterocycles. The molecule has 1 aromatic rings. The van der Waals surface area contributed by atoms with Gasteiger partial charge in [-0.25, -0.2) is 0 Å². The zero-order chi connectivity index (χ0) is 13.0. The molecule has 0 amide bonds. The lowest BCUT2D eigenvalue weighted by molar-refractivity contribution is 0.332. The molecule has 1 aliphatic rings. The third-order valence-corrected chi connectivity index (χ3v) is 3.94. The van der Waals surface area contributed by atoms with E-state index in [1.54, 1.807) is 0 Å². The summed E-state index contributed by atoms with van der Waals surface area (Å²) >= 11 is 0. The quantitative estimate of drug-likeness (QED) is 0.858. The average Bonchev–Trinajstić information content (AvgIpc) is 2.40. The van der Waals surface area contributed by atoms with Crippen molar-refractivity contribution in [3.63, 3.8) is 0 Å². The molecule has 0 heterocycles. The van der Waals surface area contributed by atoms with E-state index in [1.165, 1.54) is 19.3 Å². The summed E-state index contributed by atoms with van der Waals surface area (Å²) in [4.78, 5) is 0. The van der Waals surface area contributed by atoms with Crippen LogP contribution in [0.25, 0.3) is 0 Å². The van der Waals surface area contributed by atoms with Crippen molar-refractivity contribution in [1.82, 2.24) is 0 Å². The number of nitriles is 1. The lowest BCUT2D eigenvalue weighted by Crippen LogP contribution is -2.36. The summed E-state index contributed by atoms with van der Waals surface area (Å²) in [6, 6.07) is 8.68. The molecule has 96 valence electrons. The Kier molecular flexibility index (Phi) is 4.22. The molecule has 0 saturated heterocycles. The van der Waals surface area contributed by atoms with Gasteiger partial charge in [0.2, 0.25) is 0 Å². The molecule has 3 nitrogen and oxygen atoms in total. The van der Waals surface area contributed by atoms with Gasteiger partial charge in [-0.2, -0.15) is 5.26 Å². The van der Waals surface area contributed by atoms with Crippen molar-refractivity contribution in [2.24, 2.45) is 11.7 Å². The summed E-state index contributed by atoms with van der Waals surface area (Å²) in [5.74, 6) is 0.533. The summed E-state index contributed by atoms with van der Waals surface area (Å²) in [5, 5.41) is 12.8. The largest absolute Gasteiger partial charge is 0.381 e. The van der Waals surface area contributed by atoms with Gasteiger partial charge >= 0.3 is 0 Å². The lowest BCUT2D eigenvalue weighted by atomic mass is 9.84. The van der Waals surface area contributed by atoms with Crippen molar-refractivity contribution in [2.45, 2.75) is 38.6 Å². The lowest BCUT2D eigenvalue weighted by Gasteiger charge is -2.32. The maximum atomic E-state index is 9.24. The number of nitrogens with one attached hydrogen (secondary N) is 1. The third kappa shape index (κ3) is 2.65. The van der Waals surface area contributed by atoms with Crippen LogP contribution in [-0.4, -0.2) is 12.6 Å². The molecule has 18 heavy (non-hydrogen) atoms. The van der Waals surface area contributed by atoms with Gasteiger partial charge in [-0.15, -0.1) is 0 Å². The second kappa shape index (κ2) is 5.88. The molecule has 2 rings (SSSR count). The van der Waals surface area contributed by atoms with Gasteiger partial charge in [-0.1, -0.05) is 25.0 Å². The molecule has 2 atom stereocenters. The van der Waals surface area contributed by atoms with E-state index in [9.17, 15) is 5.26 Å². The van der Waals surface area contributed by atoms with Crippen molar-refractivity contribution in [3.05, 3.63) is 29.3 Å². The van der Waals surface area contributed by atoms with E-state index >= 15 is 0 Å². The topological polar surface area (TPSA) is 61.8 Å². The molecule has 1 aromatic carbocycles. The fourth-order valence-corrected chi connectivity index (χ4v) is 2.82. The summed E-state index contributed by atoms with van der Waals surface area (Å²) < 4.78 is 0. The van der Waals surface area contributed by atoms with Crippen molar-refractivity contribution in [1.29, 1.82) is 5.26 Å². The van der Waals surface area contributed by atoms with Crippen LogP contribution in [0.5, 0.6) is 0 Å². The molecular weight excluding hydrogens is 222 g/mol. The fourth-order valence-electron chi connectivity index (χ4n) is 2.82. The Morgan fingerprint density at radius 2 is 2.17 bits per heavy atom. The highest BCUT2D eigenvalue weighted by Crippen LogP contribution is 2.28. The predicted octanol–water partition coefficient (Wildman–Crippen LogP) is 2.80. The van der Waals surface area contributed by atoms with Crippen LogP contribution in [0.1, 0.15) is 36.8 Å². The molecule has 3 heteroatoms. The first kappa shape index (κ1) is 12.9. The summed E-state index contributed by atoms with van der Waals surface area (Å²) in [5.41, 5.74) is 8.60. The summed E-state index contributed by atoms with van der Waals surface area (Å²) in [6.07, 6.45) is 4.88. The van der Waals surface area contributed by atoms with E-state index in [0.29, 0.717) is 12.0 Å². The highest BCUT2D eigenvalue weighted by molar-refractivity contribution is 5.61. The molecule has 3 N–H and O–H groups in total. The van der Waals surface area contributed by atoms with Crippen LogP contribution in [0.3, 0.4) is 0 Å². The Morgan fingerprint density at radius 3 is 2.89 bits per heavy atom. The maximum absolute atomic E-state index is 9.24. The van der Waals surface area contributed by atoms with Crippen LogP contribution in [-0.2, 0) is 0 Å². The third-order valence-electron chi connectivity index (χ3n) is 3.94. The zero-order valence-corrected chi connectivity index (χ0v) is 10.9. The van der Waals surface area contributed by atoms with Crippen LogP contribution < -0.4 is 11.1 Å². The number of hydrogen-bond acceptors (Lipinski definition) is 3. The highest BCUT2D eigenvalue weighted by atomic mass is 14.9. The van der Waals surface area contributed by atoms with Crippen molar-refractivity contribution >= 4 is 5.69 Å². The molecular formula is C15H21N3. The first-order chi connectivity index (χ1) is 8.76. The second-order valence-corrected chi connectivity index (χ2v) is 5.14. The van der Waals surface area contributed by atoms with Gasteiger partial charge in [0.1, 0.15) is 6.07 Å². The van der Waals surface area contributed by atoms with Crippen LogP contribution in [0.2, 0.25) is 0 Å². The van der Waals surface area contributed by atoms with Crippen molar-refractivity contribution in [2.75, 3.05) is 11.9 Å². The number of benzene rings is 1. The highest BCUT2D eigenvalue weighted by Gasteiger charge is 2.24. The molecule has 0 spiro atoms. The van der Waals surface area contributed by atoms with Gasteiger partial charge in [0.25, 0.3) is 0 Å². The van der Waals surface area contributed by atoms with E-state index in [4.69, 9.17) is 5.73 Å². The van der Waals surface area contributed by atoms with Crippen LogP contribution in [0.4, 0.5) is 5.69 Å². The van der Waals surface area contributed by atoms with E-state index in [1.807, 2.05) is 25.1 Å². The van der Waals surface area contributed by atoms with Gasteiger partial charge in [-0.3, -0.25) is 0 Å². The number of nitrogens with zero attached hydrogens (tertiary/aromatic N) is 1. The molecule has 1 saturated carbocycles. The monoisotopic (exact) mass is 243 g/mol. The molecule has 2 unspecified atom stereocenters. The van der Waals surface area contributed by atoms with Gasteiger partial charge in [-0.05, 0) is 43.9 Å². The minimum absolute atomic E-state index is 0.414. The predicted molar refractivity (Wildman–Crippen MR) is 74.3 cm³/mol. The normalized spacial score (nSPS) is 23.4.